The van der Waals surface area contributed by atoms with E-state index in [1.807, 2.05) is 36.4 Å². The quantitative estimate of drug-likeness (QED) is 0.710. The second kappa shape index (κ2) is 7.51. The number of fused-ring (bicyclic) bond motifs is 1. The molecule has 4 rings (SSSR count). The van der Waals surface area contributed by atoms with Crippen LogP contribution in [0.3, 0.4) is 0 Å². The first-order valence-electron chi connectivity index (χ1n) is 9.42. The number of anilines is 1. The minimum Gasteiger partial charge on any atom is -0.377 e. The number of halogens is 1. The first kappa shape index (κ1) is 18.9. The van der Waals surface area contributed by atoms with Crippen LogP contribution in [0.4, 0.5) is 10.1 Å². The molecule has 1 heterocycles. The monoisotopic (exact) mass is 388 g/mol. The van der Waals surface area contributed by atoms with Gasteiger partial charge in [-0.05, 0) is 47.5 Å². The summed E-state index contributed by atoms with van der Waals surface area (Å²) in [6.07, 6.45) is 0. The third-order valence-corrected chi connectivity index (χ3v) is 5.27. The molecular weight excluding hydrogens is 367 g/mol. The molecule has 2 unspecified atom stereocenters. The highest BCUT2D eigenvalue weighted by Crippen LogP contribution is 2.42. The van der Waals surface area contributed by atoms with Crippen LogP contribution >= 0.6 is 0 Å². The number of carbonyl (C=O) groups excluding carboxylic acids is 2. The van der Waals surface area contributed by atoms with Gasteiger partial charge < -0.3 is 10.2 Å². The summed E-state index contributed by atoms with van der Waals surface area (Å²) in [5, 5.41) is 3.45. The Balaban J connectivity index is 1.78. The molecule has 5 heteroatoms. The molecular formula is C24H21FN2O2. The lowest BCUT2D eigenvalue weighted by Gasteiger charge is -2.34. The molecule has 1 aliphatic rings. The van der Waals surface area contributed by atoms with Crippen molar-refractivity contribution in [3.63, 3.8) is 0 Å². The van der Waals surface area contributed by atoms with Gasteiger partial charge >= 0.3 is 0 Å². The molecule has 3 aromatic rings. The summed E-state index contributed by atoms with van der Waals surface area (Å²) < 4.78 is 13.5. The number of hydrogen-bond donors (Lipinski definition) is 1. The van der Waals surface area contributed by atoms with Crippen molar-refractivity contribution < 1.29 is 14.0 Å². The first-order chi connectivity index (χ1) is 14.0. The zero-order valence-electron chi connectivity index (χ0n) is 16.2. The molecule has 4 nitrogen and oxygen atoms in total. The van der Waals surface area contributed by atoms with Crippen LogP contribution < -0.4 is 5.32 Å². The van der Waals surface area contributed by atoms with E-state index < -0.39 is 5.92 Å². The van der Waals surface area contributed by atoms with Crippen molar-refractivity contribution in [2.45, 2.75) is 12.0 Å². The van der Waals surface area contributed by atoms with E-state index >= 15 is 0 Å². The van der Waals surface area contributed by atoms with E-state index in [0.717, 1.165) is 16.8 Å². The van der Waals surface area contributed by atoms with Gasteiger partial charge in [0.1, 0.15) is 5.82 Å². The molecule has 3 aromatic carbocycles. The molecule has 0 fully saturated rings. The van der Waals surface area contributed by atoms with Gasteiger partial charge in [-0.1, -0.05) is 36.4 Å². The fraction of sp³-hybridized carbons (Fsp3) is 0.167. The highest BCUT2D eigenvalue weighted by Gasteiger charge is 2.37. The number of Topliss-reactive ketones (excluding diaryl/α,β-unsaturated/α-hetero) is 1. The van der Waals surface area contributed by atoms with Gasteiger partial charge in [0, 0.05) is 30.9 Å². The zero-order chi connectivity index (χ0) is 20.5. The summed E-state index contributed by atoms with van der Waals surface area (Å²) in [6.45, 7) is 0. The van der Waals surface area contributed by atoms with Crippen molar-refractivity contribution in [2.24, 2.45) is 0 Å². The third kappa shape index (κ3) is 3.51. The second-order valence-corrected chi connectivity index (χ2v) is 7.38. The minimum atomic E-state index is -0.487. The Kier molecular flexibility index (Phi) is 4.89. The number of carbonyl (C=O) groups is 2. The van der Waals surface area contributed by atoms with Crippen LogP contribution in [0.2, 0.25) is 0 Å². The fourth-order valence-corrected chi connectivity index (χ4v) is 3.77. The molecule has 0 spiro atoms. The maximum absolute atomic E-state index is 13.5. The van der Waals surface area contributed by atoms with Crippen molar-refractivity contribution in [1.82, 2.24) is 4.90 Å². The van der Waals surface area contributed by atoms with Crippen molar-refractivity contribution in [3.05, 3.63) is 101 Å². The smallest absolute Gasteiger partial charge is 0.253 e. The first-order valence-corrected chi connectivity index (χ1v) is 9.42. The van der Waals surface area contributed by atoms with Crippen molar-refractivity contribution in [3.8, 4) is 0 Å². The lowest BCUT2D eigenvalue weighted by atomic mass is 9.78. The Bertz CT molecular complexity index is 1060. The summed E-state index contributed by atoms with van der Waals surface area (Å²) in [5.41, 5.74) is 3.59. The van der Waals surface area contributed by atoms with Crippen LogP contribution in [-0.2, 0) is 0 Å². The summed E-state index contributed by atoms with van der Waals surface area (Å²) in [7, 11) is 3.40. The molecule has 0 bridgehead atoms. The van der Waals surface area contributed by atoms with Gasteiger partial charge in [0.2, 0.25) is 0 Å². The minimum absolute atomic E-state index is 0.000334. The van der Waals surface area contributed by atoms with Crippen LogP contribution in [0.15, 0.2) is 72.8 Å². The molecule has 0 aliphatic carbocycles. The SMILES string of the molecule is CN(C)C(=O)c1ccc(C2C(=O)c3ccccc3NC2c2ccc(F)cc2)cc1. The predicted octanol–water partition coefficient (Wildman–Crippen LogP) is 4.66. The highest BCUT2D eigenvalue weighted by molar-refractivity contribution is 6.08. The van der Waals surface area contributed by atoms with Crippen LogP contribution in [-0.4, -0.2) is 30.7 Å². The standard InChI is InChI=1S/C24H21FN2O2/c1-27(2)24(29)17-9-7-15(8-10-17)21-22(16-11-13-18(25)14-12-16)26-20-6-4-3-5-19(20)23(21)28/h3-14,21-22,26H,1-2H3. The Morgan fingerprint density at radius 3 is 2.17 bits per heavy atom. The summed E-state index contributed by atoms with van der Waals surface area (Å²) >= 11 is 0. The molecule has 2 atom stereocenters. The molecule has 0 radical (unpaired) electrons. The van der Waals surface area contributed by atoms with Crippen LogP contribution in [0.25, 0.3) is 0 Å². The van der Waals surface area contributed by atoms with Gasteiger partial charge in [-0.25, -0.2) is 4.39 Å². The molecule has 29 heavy (non-hydrogen) atoms. The number of nitrogens with zero attached hydrogens (tertiary/aromatic N) is 1. The van der Waals surface area contributed by atoms with Gasteiger partial charge in [-0.15, -0.1) is 0 Å². The van der Waals surface area contributed by atoms with E-state index in [-0.39, 0.29) is 23.5 Å². The number of rotatable bonds is 3. The molecule has 146 valence electrons. The van der Waals surface area contributed by atoms with E-state index in [1.165, 1.54) is 17.0 Å². The summed E-state index contributed by atoms with van der Waals surface area (Å²) in [5.74, 6) is -0.899. The van der Waals surface area contributed by atoms with E-state index in [9.17, 15) is 14.0 Å². The molecule has 0 aromatic heterocycles. The second-order valence-electron chi connectivity index (χ2n) is 7.38. The van der Waals surface area contributed by atoms with Gasteiger partial charge in [0.15, 0.2) is 5.78 Å². The largest absolute Gasteiger partial charge is 0.377 e. The Morgan fingerprint density at radius 1 is 0.897 bits per heavy atom. The molecule has 0 saturated carbocycles. The van der Waals surface area contributed by atoms with Gasteiger partial charge in [0.25, 0.3) is 5.91 Å². The van der Waals surface area contributed by atoms with E-state index in [2.05, 4.69) is 5.32 Å². The molecule has 1 aliphatic heterocycles. The number of ketones is 1. The lowest BCUT2D eigenvalue weighted by Crippen LogP contribution is -2.32. The topological polar surface area (TPSA) is 49.4 Å². The lowest BCUT2D eigenvalue weighted by molar-refractivity contribution is 0.0827. The number of hydrogen-bond acceptors (Lipinski definition) is 3. The van der Waals surface area contributed by atoms with E-state index in [4.69, 9.17) is 0 Å². The van der Waals surface area contributed by atoms with Crippen molar-refractivity contribution in [2.75, 3.05) is 19.4 Å². The Labute approximate surface area is 169 Å². The predicted molar refractivity (Wildman–Crippen MR) is 111 cm³/mol. The normalized spacial score (nSPS) is 18.0. The van der Waals surface area contributed by atoms with Gasteiger partial charge in [-0.3, -0.25) is 9.59 Å². The fourth-order valence-electron chi connectivity index (χ4n) is 3.77. The number of benzene rings is 3. The zero-order valence-corrected chi connectivity index (χ0v) is 16.2. The number of nitrogens with one attached hydrogen (secondary N) is 1. The van der Waals surface area contributed by atoms with E-state index in [0.29, 0.717) is 11.1 Å². The summed E-state index contributed by atoms with van der Waals surface area (Å²) in [4.78, 5) is 27.1. The van der Waals surface area contributed by atoms with E-state index in [1.54, 1.807) is 38.4 Å². The van der Waals surface area contributed by atoms with Crippen LogP contribution in [0.1, 0.15) is 43.8 Å². The highest BCUT2D eigenvalue weighted by atomic mass is 19.1. The Morgan fingerprint density at radius 2 is 1.52 bits per heavy atom. The van der Waals surface area contributed by atoms with Crippen LogP contribution in [0, 0.1) is 5.82 Å². The summed E-state index contributed by atoms with van der Waals surface area (Å²) in [6, 6.07) is 20.4. The molecule has 1 N–H and O–H groups in total. The maximum Gasteiger partial charge on any atom is 0.253 e. The van der Waals surface area contributed by atoms with Gasteiger partial charge in [-0.2, -0.15) is 0 Å². The Hall–Kier alpha value is -3.47. The van der Waals surface area contributed by atoms with Crippen molar-refractivity contribution in [1.29, 1.82) is 0 Å². The number of para-hydroxylation sites is 1. The van der Waals surface area contributed by atoms with Crippen molar-refractivity contribution >= 4 is 17.4 Å². The number of amides is 1. The average molecular weight is 388 g/mol. The maximum atomic E-state index is 13.5. The third-order valence-electron chi connectivity index (χ3n) is 5.27. The van der Waals surface area contributed by atoms with Crippen LogP contribution in [0.5, 0.6) is 0 Å². The average Bonchev–Trinajstić information content (AvgIpc) is 2.74. The molecule has 1 amide bonds. The van der Waals surface area contributed by atoms with Gasteiger partial charge in [0.05, 0.1) is 12.0 Å². The molecule has 0 saturated heterocycles.